The summed E-state index contributed by atoms with van der Waals surface area (Å²) in [6.07, 6.45) is -0.104. The minimum atomic E-state index is -3.92. The van der Waals surface area contributed by atoms with Crippen LogP contribution in [0.4, 0.5) is 17.6 Å². The molecule has 0 bridgehead atoms. The number of rotatable bonds is 4. The van der Waals surface area contributed by atoms with Crippen molar-refractivity contribution in [2.24, 2.45) is 0 Å². The van der Waals surface area contributed by atoms with Gasteiger partial charge in [0.1, 0.15) is 0 Å². The van der Waals surface area contributed by atoms with E-state index < -0.39 is 16.3 Å². The standard InChI is InChI=1S/C6H9F4I/c1-2-3-4-5(7,8)6(9,10)11/h2-4H2,1H3. The molecule has 0 N–H and O–H groups in total. The van der Waals surface area contributed by atoms with Crippen LogP contribution in [0.2, 0.25) is 0 Å². The molecule has 0 spiro atoms. The van der Waals surface area contributed by atoms with Crippen LogP contribution in [0.25, 0.3) is 0 Å². The van der Waals surface area contributed by atoms with Crippen LogP contribution in [0, 0.1) is 0 Å². The molecule has 0 aliphatic heterocycles. The Balaban J connectivity index is 4.00. The summed E-state index contributed by atoms with van der Waals surface area (Å²) in [5, 5.41) is 0. The lowest BCUT2D eigenvalue weighted by Crippen LogP contribution is -2.34. The molecule has 5 heteroatoms. The van der Waals surface area contributed by atoms with Crippen molar-refractivity contribution in [3.8, 4) is 0 Å². The van der Waals surface area contributed by atoms with Crippen molar-refractivity contribution in [3.63, 3.8) is 0 Å². The zero-order valence-electron chi connectivity index (χ0n) is 6.01. The van der Waals surface area contributed by atoms with E-state index in [2.05, 4.69) is 0 Å². The fraction of sp³-hybridized carbons (Fsp3) is 1.00. The summed E-state index contributed by atoms with van der Waals surface area (Å²) in [5.41, 5.74) is 0. The van der Waals surface area contributed by atoms with Crippen molar-refractivity contribution in [1.82, 2.24) is 0 Å². The first kappa shape index (κ1) is 11.4. The SMILES string of the molecule is CCCCC(F)(F)C(F)(F)I. The molecule has 0 rings (SSSR count). The zero-order valence-corrected chi connectivity index (χ0v) is 8.17. The van der Waals surface area contributed by atoms with E-state index in [0.717, 1.165) is 0 Å². The van der Waals surface area contributed by atoms with Crippen LogP contribution in [0.5, 0.6) is 0 Å². The Morgan fingerprint density at radius 2 is 1.64 bits per heavy atom. The van der Waals surface area contributed by atoms with Gasteiger partial charge in [-0.1, -0.05) is 13.3 Å². The molecule has 0 atom stereocenters. The number of halogens is 5. The molecule has 0 aromatic rings. The highest BCUT2D eigenvalue weighted by atomic mass is 127. The minimum absolute atomic E-state index is 0.131. The average molecular weight is 284 g/mol. The Bertz CT molecular complexity index is 118. The lowest BCUT2D eigenvalue weighted by molar-refractivity contribution is -0.145. The van der Waals surface area contributed by atoms with Gasteiger partial charge in [-0.15, -0.1) is 0 Å². The molecule has 0 unspecified atom stereocenters. The Labute approximate surface area is 76.5 Å². The summed E-state index contributed by atoms with van der Waals surface area (Å²) in [6, 6.07) is 0. The number of unbranched alkanes of at least 4 members (excludes halogenated alkanes) is 1. The molecule has 0 amide bonds. The highest BCUT2D eigenvalue weighted by Crippen LogP contribution is 2.42. The Morgan fingerprint density at radius 3 is 1.91 bits per heavy atom. The maximum Gasteiger partial charge on any atom is 0.358 e. The third-order valence-electron chi connectivity index (χ3n) is 1.26. The molecule has 68 valence electrons. The second-order valence-electron chi connectivity index (χ2n) is 2.31. The van der Waals surface area contributed by atoms with Crippen LogP contribution < -0.4 is 0 Å². The smallest absolute Gasteiger partial charge is 0.199 e. The molecular weight excluding hydrogens is 275 g/mol. The van der Waals surface area contributed by atoms with E-state index in [1.165, 1.54) is 0 Å². The first-order valence-corrected chi connectivity index (χ1v) is 4.33. The third kappa shape index (κ3) is 3.57. The van der Waals surface area contributed by atoms with Gasteiger partial charge in [0.25, 0.3) is 0 Å². The third-order valence-corrected chi connectivity index (χ3v) is 2.05. The molecule has 0 fully saturated rings. The lowest BCUT2D eigenvalue weighted by Gasteiger charge is -2.20. The van der Waals surface area contributed by atoms with Gasteiger partial charge in [0, 0.05) is 29.0 Å². The summed E-state index contributed by atoms with van der Waals surface area (Å²) in [6.45, 7) is 1.68. The molecule has 0 saturated carbocycles. The number of hydrogen-bond acceptors (Lipinski definition) is 0. The molecular formula is C6H9F4I. The lowest BCUT2D eigenvalue weighted by atomic mass is 10.1. The minimum Gasteiger partial charge on any atom is -0.199 e. The van der Waals surface area contributed by atoms with Crippen molar-refractivity contribution in [2.45, 2.75) is 36.0 Å². The van der Waals surface area contributed by atoms with Crippen LogP contribution in [0.3, 0.4) is 0 Å². The van der Waals surface area contributed by atoms with E-state index in [1.807, 2.05) is 0 Å². The molecule has 0 heterocycles. The molecule has 0 aromatic heterocycles. The highest BCUT2D eigenvalue weighted by molar-refractivity contribution is 14.1. The van der Waals surface area contributed by atoms with E-state index in [9.17, 15) is 17.6 Å². The molecule has 11 heavy (non-hydrogen) atoms. The maximum atomic E-state index is 12.4. The van der Waals surface area contributed by atoms with Crippen molar-refractivity contribution in [2.75, 3.05) is 0 Å². The molecule has 0 aromatic carbocycles. The largest absolute Gasteiger partial charge is 0.358 e. The van der Waals surface area contributed by atoms with Crippen molar-refractivity contribution >= 4 is 22.6 Å². The van der Waals surface area contributed by atoms with Gasteiger partial charge in [0.15, 0.2) is 0 Å². The van der Waals surface area contributed by atoms with E-state index in [1.54, 1.807) is 6.92 Å². The fourth-order valence-electron chi connectivity index (χ4n) is 0.541. The van der Waals surface area contributed by atoms with Crippen LogP contribution >= 0.6 is 22.6 Å². The molecule has 0 aliphatic carbocycles. The van der Waals surface area contributed by atoms with Gasteiger partial charge in [-0.2, -0.15) is 17.6 Å². The Morgan fingerprint density at radius 1 is 1.18 bits per heavy atom. The summed E-state index contributed by atoms with van der Waals surface area (Å²) in [7, 11) is 0. The van der Waals surface area contributed by atoms with E-state index in [-0.39, 0.29) is 6.42 Å². The van der Waals surface area contributed by atoms with Crippen LogP contribution in [0.1, 0.15) is 26.2 Å². The quantitative estimate of drug-likeness (QED) is 0.418. The molecule has 0 aliphatic rings. The fourth-order valence-corrected chi connectivity index (χ4v) is 0.810. The second-order valence-corrected chi connectivity index (χ2v) is 3.66. The van der Waals surface area contributed by atoms with Gasteiger partial charge in [0.2, 0.25) is 0 Å². The average Bonchev–Trinajstić information content (AvgIpc) is 1.81. The molecule has 0 saturated heterocycles. The van der Waals surface area contributed by atoms with E-state index in [0.29, 0.717) is 29.0 Å². The van der Waals surface area contributed by atoms with Crippen LogP contribution in [0.15, 0.2) is 0 Å². The van der Waals surface area contributed by atoms with Gasteiger partial charge in [0.05, 0.1) is 0 Å². The number of alkyl halides is 5. The Hall–Kier alpha value is 0.450. The monoisotopic (exact) mass is 284 g/mol. The summed E-state index contributed by atoms with van der Waals surface area (Å²) >= 11 is 0.476. The van der Waals surface area contributed by atoms with Crippen molar-refractivity contribution < 1.29 is 17.6 Å². The number of hydrogen-bond donors (Lipinski definition) is 0. The highest BCUT2D eigenvalue weighted by Gasteiger charge is 2.53. The summed E-state index contributed by atoms with van der Waals surface area (Å²) in [5.74, 6) is -3.86. The summed E-state index contributed by atoms with van der Waals surface area (Å²) in [4.78, 5) is 0. The maximum absolute atomic E-state index is 12.4. The normalized spacial score (nSPS) is 13.6. The second kappa shape index (κ2) is 3.91. The van der Waals surface area contributed by atoms with Crippen molar-refractivity contribution in [1.29, 1.82) is 0 Å². The predicted molar refractivity (Wildman–Crippen MR) is 43.4 cm³/mol. The van der Waals surface area contributed by atoms with Crippen molar-refractivity contribution in [3.05, 3.63) is 0 Å². The predicted octanol–water partition coefficient (Wildman–Crippen LogP) is 3.84. The van der Waals surface area contributed by atoms with Gasteiger partial charge in [-0.3, -0.25) is 0 Å². The van der Waals surface area contributed by atoms with Crippen LogP contribution in [-0.4, -0.2) is 9.85 Å². The summed E-state index contributed by atoms with van der Waals surface area (Å²) < 4.78 is 44.9. The zero-order chi connectivity index (χ0) is 9.12. The Kier molecular flexibility index (Phi) is 4.07. The van der Waals surface area contributed by atoms with E-state index in [4.69, 9.17) is 0 Å². The first-order valence-electron chi connectivity index (χ1n) is 3.26. The first-order chi connectivity index (χ1) is 4.81. The van der Waals surface area contributed by atoms with Gasteiger partial charge >= 0.3 is 9.85 Å². The van der Waals surface area contributed by atoms with Gasteiger partial charge in [-0.25, -0.2) is 0 Å². The van der Waals surface area contributed by atoms with Gasteiger partial charge < -0.3 is 0 Å². The van der Waals surface area contributed by atoms with Crippen LogP contribution in [-0.2, 0) is 0 Å². The van der Waals surface area contributed by atoms with Gasteiger partial charge in [-0.05, 0) is 6.42 Å². The van der Waals surface area contributed by atoms with E-state index >= 15 is 0 Å². The molecule has 0 radical (unpaired) electrons. The molecule has 0 nitrogen and oxygen atoms in total. The topological polar surface area (TPSA) is 0 Å².